The molecule has 0 saturated carbocycles. The van der Waals surface area contributed by atoms with Crippen molar-refractivity contribution in [1.29, 1.82) is 0 Å². The first-order valence-corrected chi connectivity index (χ1v) is 14.2. The highest BCUT2D eigenvalue weighted by Crippen LogP contribution is 2.31. The number of hydrogen-bond donors (Lipinski definition) is 0. The minimum absolute atomic E-state index is 0.224. The summed E-state index contributed by atoms with van der Waals surface area (Å²) in [5.41, 5.74) is 3.17. The molecule has 0 unspecified atom stereocenters. The molecule has 0 fully saturated rings. The second-order valence-electron chi connectivity index (χ2n) is 10.1. The molecule has 5 rings (SSSR count). The molecule has 196 valence electrons. The van der Waals surface area contributed by atoms with E-state index in [2.05, 4.69) is 117 Å². The van der Waals surface area contributed by atoms with E-state index >= 15 is 0 Å². The van der Waals surface area contributed by atoms with Crippen molar-refractivity contribution in [1.82, 2.24) is 9.78 Å². The summed E-state index contributed by atoms with van der Waals surface area (Å²) in [6, 6.07) is 35.7. The highest BCUT2D eigenvalue weighted by molar-refractivity contribution is 7.99. The monoisotopic (exact) mass is 542 g/mol. The van der Waals surface area contributed by atoms with Gasteiger partial charge in [-0.2, -0.15) is 5.10 Å². The Morgan fingerprint density at radius 2 is 1.39 bits per heavy atom. The van der Waals surface area contributed by atoms with Gasteiger partial charge in [0.1, 0.15) is 11.4 Å². The molecule has 5 aromatic rings. The molecule has 0 amide bonds. The van der Waals surface area contributed by atoms with Crippen LogP contribution in [0.1, 0.15) is 37.7 Å². The Hall–Kier alpha value is -3.21. The Kier molecular flexibility index (Phi) is 9.54. The average Bonchev–Trinajstić information content (AvgIpc) is 3.28. The Balaban J connectivity index is 0.000000216. The summed E-state index contributed by atoms with van der Waals surface area (Å²) in [6.45, 7) is 6.24. The number of ether oxygens (including phenoxy) is 1. The fourth-order valence-corrected chi connectivity index (χ4v) is 5.14. The predicted octanol–water partition coefficient (Wildman–Crippen LogP) is 9.11. The SMILES string of the molecule is Cn1nc(CCl)cc1CCc1cc(OC(C)(C)C)c2ccccc2c1.c1ccc(Sc2ccccc2)cc1. The molecule has 0 aliphatic rings. The van der Waals surface area contributed by atoms with Gasteiger partial charge in [0.15, 0.2) is 0 Å². The van der Waals surface area contributed by atoms with Gasteiger partial charge < -0.3 is 4.74 Å². The van der Waals surface area contributed by atoms with Gasteiger partial charge in [-0.25, -0.2) is 0 Å². The summed E-state index contributed by atoms with van der Waals surface area (Å²) in [5, 5.41) is 6.79. The Labute approximate surface area is 235 Å². The maximum absolute atomic E-state index is 6.22. The van der Waals surface area contributed by atoms with Crippen molar-refractivity contribution in [2.24, 2.45) is 7.05 Å². The highest BCUT2D eigenvalue weighted by atomic mass is 35.5. The van der Waals surface area contributed by atoms with Crippen molar-refractivity contribution < 1.29 is 4.74 Å². The molecule has 0 aliphatic carbocycles. The zero-order valence-corrected chi connectivity index (χ0v) is 24.1. The van der Waals surface area contributed by atoms with E-state index in [4.69, 9.17) is 16.3 Å². The molecule has 0 saturated heterocycles. The molecule has 5 heteroatoms. The van der Waals surface area contributed by atoms with Crippen LogP contribution in [-0.2, 0) is 25.8 Å². The standard InChI is InChI=1S/C21H25ClN2O.C12H10S/c1-21(2,3)25-20-12-15(11-16-7-5-6-8-19(16)20)9-10-18-13-17(14-22)23-24(18)4;1-3-7-11(8-4-1)13-12-9-5-2-6-10-12/h5-8,11-13H,9-10,14H2,1-4H3;1-10H. The van der Waals surface area contributed by atoms with E-state index in [-0.39, 0.29) is 5.60 Å². The third-order valence-corrected chi connectivity index (χ3v) is 7.15. The number of fused-ring (bicyclic) bond motifs is 1. The van der Waals surface area contributed by atoms with Crippen LogP contribution in [0.5, 0.6) is 5.75 Å². The van der Waals surface area contributed by atoms with Crippen LogP contribution in [0.25, 0.3) is 10.8 Å². The van der Waals surface area contributed by atoms with Crippen LogP contribution in [0, 0.1) is 0 Å². The molecular formula is C33H35ClN2OS. The smallest absolute Gasteiger partial charge is 0.128 e. The number of benzene rings is 4. The molecule has 3 nitrogen and oxygen atoms in total. The largest absolute Gasteiger partial charge is 0.488 e. The Morgan fingerprint density at radius 1 is 0.789 bits per heavy atom. The second-order valence-corrected chi connectivity index (χ2v) is 11.6. The maximum Gasteiger partial charge on any atom is 0.128 e. The first-order valence-electron chi connectivity index (χ1n) is 12.9. The number of aryl methyl sites for hydroxylation is 3. The number of alkyl halides is 1. The lowest BCUT2D eigenvalue weighted by Gasteiger charge is -2.23. The topological polar surface area (TPSA) is 27.1 Å². The molecule has 38 heavy (non-hydrogen) atoms. The summed E-state index contributed by atoms with van der Waals surface area (Å²) in [6.07, 6.45) is 1.86. The molecule has 0 bridgehead atoms. The van der Waals surface area contributed by atoms with Crippen LogP contribution in [0.4, 0.5) is 0 Å². The van der Waals surface area contributed by atoms with Gasteiger partial charge in [-0.05, 0) is 81.0 Å². The van der Waals surface area contributed by atoms with E-state index in [1.807, 2.05) is 23.9 Å². The third kappa shape index (κ3) is 8.14. The molecule has 0 spiro atoms. The van der Waals surface area contributed by atoms with Gasteiger partial charge in [0.25, 0.3) is 0 Å². The molecule has 1 heterocycles. The lowest BCUT2D eigenvalue weighted by Crippen LogP contribution is -2.23. The van der Waals surface area contributed by atoms with Gasteiger partial charge in [-0.3, -0.25) is 4.68 Å². The summed E-state index contributed by atoms with van der Waals surface area (Å²) >= 11 is 7.67. The van der Waals surface area contributed by atoms with Crippen LogP contribution >= 0.6 is 23.4 Å². The molecular weight excluding hydrogens is 508 g/mol. The maximum atomic E-state index is 6.22. The summed E-state index contributed by atoms with van der Waals surface area (Å²) < 4.78 is 8.14. The molecule has 0 N–H and O–H groups in total. The van der Waals surface area contributed by atoms with Crippen LogP contribution < -0.4 is 4.74 Å². The fourth-order valence-electron chi connectivity index (χ4n) is 4.15. The molecule has 1 aromatic heterocycles. The van der Waals surface area contributed by atoms with E-state index in [0.717, 1.165) is 29.7 Å². The second kappa shape index (κ2) is 13.0. The van der Waals surface area contributed by atoms with Crippen molar-refractivity contribution in [2.45, 2.75) is 54.9 Å². The van der Waals surface area contributed by atoms with Crippen molar-refractivity contribution in [3.63, 3.8) is 0 Å². The summed E-state index contributed by atoms with van der Waals surface area (Å²) in [7, 11) is 1.97. The van der Waals surface area contributed by atoms with Gasteiger partial charge in [-0.15, -0.1) is 11.6 Å². The average molecular weight is 543 g/mol. The minimum atomic E-state index is -0.224. The van der Waals surface area contributed by atoms with Crippen molar-refractivity contribution >= 4 is 34.1 Å². The van der Waals surface area contributed by atoms with Crippen LogP contribution in [0.2, 0.25) is 0 Å². The van der Waals surface area contributed by atoms with Crippen LogP contribution in [0.3, 0.4) is 0 Å². The van der Waals surface area contributed by atoms with E-state index in [1.165, 1.54) is 26.4 Å². The molecule has 0 atom stereocenters. The number of rotatable bonds is 7. The lowest BCUT2D eigenvalue weighted by molar-refractivity contribution is 0.133. The zero-order chi connectivity index (χ0) is 27.0. The summed E-state index contributed by atoms with van der Waals surface area (Å²) in [4.78, 5) is 2.57. The van der Waals surface area contributed by atoms with Gasteiger partial charge in [0.2, 0.25) is 0 Å². The summed E-state index contributed by atoms with van der Waals surface area (Å²) in [5.74, 6) is 1.40. The first-order chi connectivity index (χ1) is 18.3. The number of nitrogens with zero attached hydrogens (tertiary/aromatic N) is 2. The predicted molar refractivity (Wildman–Crippen MR) is 162 cm³/mol. The first kappa shape index (κ1) is 27.8. The highest BCUT2D eigenvalue weighted by Gasteiger charge is 2.15. The third-order valence-electron chi connectivity index (χ3n) is 5.86. The minimum Gasteiger partial charge on any atom is -0.488 e. The van der Waals surface area contributed by atoms with E-state index in [0.29, 0.717) is 5.88 Å². The van der Waals surface area contributed by atoms with E-state index in [9.17, 15) is 0 Å². The molecule has 0 radical (unpaired) electrons. The van der Waals surface area contributed by atoms with Gasteiger partial charge in [0.05, 0.1) is 11.6 Å². The molecule has 0 aliphatic heterocycles. The number of halogens is 1. The number of hydrogen-bond acceptors (Lipinski definition) is 3. The van der Waals surface area contributed by atoms with Crippen molar-refractivity contribution in [3.8, 4) is 5.75 Å². The molecule has 4 aromatic carbocycles. The normalized spacial score (nSPS) is 11.2. The van der Waals surface area contributed by atoms with Crippen molar-refractivity contribution in [2.75, 3.05) is 0 Å². The van der Waals surface area contributed by atoms with E-state index < -0.39 is 0 Å². The quantitative estimate of drug-likeness (QED) is 0.192. The van der Waals surface area contributed by atoms with Crippen LogP contribution in [0.15, 0.2) is 113 Å². The zero-order valence-electron chi connectivity index (χ0n) is 22.5. The Morgan fingerprint density at radius 3 is 1.97 bits per heavy atom. The fraction of sp³-hybridized carbons (Fsp3) is 0.242. The van der Waals surface area contributed by atoms with Crippen LogP contribution in [-0.4, -0.2) is 15.4 Å². The van der Waals surface area contributed by atoms with E-state index in [1.54, 1.807) is 11.8 Å². The Bertz CT molecular complexity index is 1410. The van der Waals surface area contributed by atoms with Gasteiger partial charge in [0, 0.05) is 27.9 Å². The van der Waals surface area contributed by atoms with Gasteiger partial charge in [-0.1, -0.05) is 78.5 Å². The lowest BCUT2D eigenvalue weighted by atomic mass is 10.0. The number of aromatic nitrogens is 2. The van der Waals surface area contributed by atoms with Gasteiger partial charge >= 0.3 is 0 Å². The van der Waals surface area contributed by atoms with Crippen molar-refractivity contribution in [3.05, 3.63) is 120 Å².